The molecule has 13 heavy (non-hydrogen) atoms. The van der Waals surface area contributed by atoms with E-state index in [2.05, 4.69) is 0 Å². The van der Waals surface area contributed by atoms with Gasteiger partial charge in [-0.2, -0.15) is 0 Å². The van der Waals surface area contributed by atoms with Crippen LogP contribution >= 0.6 is 12.4 Å². The number of hydrogen-bond acceptors (Lipinski definition) is 3. The fourth-order valence-corrected chi connectivity index (χ4v) is 1.55. The van der Waals surface area contributed by atoms with Crippen molar-refractivity contribution >= 4 is 18.4 Å². The summed E-state index contributed by atoms with van der Waals surface area (Å²) in [6, 6.07) is 0. The second kappa shape index (κ2) is 5.45. The topological polar surface area (TPSA) is 52.3 Å². The van der Waals surface area contributed by atoms with Crippen molar-refractivity contribution in [1.82, 2.24) is 0 Å². The molecule has 1 saturated carbocycles. The minimum Gasteiger partial charge on any atom is -0.464 e. The lowest BCUT2D eigenvalue weighted by Gasteiger charge is -2.20. The molecule has 1 fully saturated rings. The summed E-state index contributed by atoms with van der Waals surface area (Å²) in [5.41, 5.74) is 5.21. The highest BCUT2D eigenvalue weighted by molar-refractivity contribution is 5.85. The molecule has 0 amide bonds. The van der Waals surface area contributed by atoms with Gasteiger partial charge in [-0.05, 0) is 19.3 Å². The van der Waals surface area contributed by atoms with Crippen molar-refractivity contribution in [2.75, 3.05) is 6.61 Å². The fourth-order valence-electron chi connectivity index (χ4n) is 1.55. The van der Waals surface area contributed by atoms with Crippen LogP contribution in [-0.2, 0) is 9.53 Å². The molecule has 0 aromatic rings. The van der Waals surface area contributed by atoms with Gasteiger partial charge in [0.1, 0.15) is 5.54 Å². The van der Waals surface area contributed by atoms with Crippen molar-refractivity contribution < 1.29 is 9.53 Å². The van der Waals surface area contributed by atoms with Gasteiger partial charge in [-0.25, -0.2) is 0 Å². The van der Waals surface area contributed by atoms with Crippen molar-refractivity contribution in [3.63, 3.8) is 0 Å². The monoisotopic (exact) mass is 207 g/mol. The van der Waals surface area contributed by atoms with Gasteiger partial charge >= 0.3 is 5.97 Å². The van der Waals surface area contributed by atoms with E-state index >= 15 is 0 Å². The van der Waals surface area contributed by atoms with Crippen LogP contribution in [0.15, 0.2) is 0 Å². The Bertz CT molecular complexity index is 167. The highest BCUT2D eigenvalue weighted by Crippen LogP contribution is 2.28. The van der Waals surface area contributed by atoms with Crippen LogP contribution in [0.2, 0.25) is 0 Å². The summed E-state index contributed by atoms with van der Waals surface area (Å²) >= 11 is 0. The molecule has 0 saturated heterocycles. The van der Waals surface area contributed by atoms with Gasteiger partial charge in [-0.3, -0.25) is 4.79 Å². The largest absolute Gasteiger partial charge is 0.464 e. The van der Waals surface area contributed by atoms with Gasteiger partial charge in [0.2, 0.25) is 0 Å². The van der Waals surface area contributed by atoms with Gasteiger partial charge in [0.05, 0.1) is 6.61 Å². The number of hydrogen-bond donors (Lipinski definition) is 1. The van der Waals surface area contributed by atoms with E-state index in [1.54, 1.807) is 0 Å². The molecule has 1 rings (SSSR count). The smallest absolute Gasteiger partial charge is 0.326 e. The van der Waals surface area contributed by atoms with Crippen molar-refractivity contribution in [2.45, 2.75) is 44.6 Å². The number of carbonyl (C=O) groups excluding carboxylic acids is 1. The Morgan fingerprint density at radius 3 is 2.46 bits per heavy atom. The normalized spacial score (nSPS) is 19.2. The summed E-state index contributed by atoms with van der Waals surface area (Å²) in [5.74, 6) is -0.207. The van der Waals surface area contributed by atoms with Crippen LogP contribution in [-0.4, -0.2) is 18.1 Å². The molecular formula is C9H18ClNO2. The number of halogens is 1. The number of rotatable bonds is 3. The quantitative estimate of drug-likeness (QED) is 0.716. The maximum absolute atomic E-state index is 11.4. The van der Waals surface area contributed by atoms with Gasteiger partial charge in [-0.1, -0.05) is 19.8 Å². The summed E-state index contributed by atoms with van der Waals surface area (Å²) in [5, 5.41) is 0. The van der Waals surface area contributed by atoms with Gasteiger partial charge < -0.3 is 10.5 Å². The molecule has 1 aliphatic carbocycles. The first-order valence-corrected chi connectivity index (χ1v) is 4.65. The zero-order valence-corrected chi connectivity index (χ0v) is 8.86. The summed E-state index contributed by atoms with van der Waals surface area (Å²) in [6.07, 6.45) is 4.54. The molecule has 4 heteroatoms. The molecule has 0 unspecified atom stereocenters. The molecule has 0 spiro atoms. The maximum Gasteiger partial charge on any atom is 0.326 e. The van der Waals surface area contributed by atoms with Crippen molar-refractivity contribution in [3.05, 3.63) is 0 Å². The molecule has 0 heterocycles. The third-order valence-electron chi connectivity index (χ3n) is 2.34. The summed E-state index contributed by atoms with van der Waals surface area (Å²) in [4.78, 5) is 11.4. The Kier molecular flexibility index (Phi) is 5.33. The standard InChI is InChI=1S/C9H17NO2.ClH/c1-2-7-12-8(11)9(10)5-3-4-6-9;/h2-7,10H2,1H3;1H. The average molecular weight is 208 g/mol. The Hall–Kier alpha value is -0.280. The van der Waals surface area contributed by atoms with E-state index in [0.717, 1.165) is 32.1 Å². The first kappa shape index (κ1) is 12.7. The zero-order chi connectivity index (χ0) is 9.03. The second-order valence-corrected chi connectivity index (χ2v) is 3.50. The molecule has 0 aliphatic heterocycles. The molecule has 0 aromatic heterocycles. The Morgan fingerprint density at radius 1 is 1.46 bits per heavy atom. The lowest BCUT2D eigenvalue weighted by atomic mass is 10.00. The van der Waals surface area contributed by atoms with E-state index in [-0.39, 0.29) is 18.4 Å². The lowest BCUT2D eigenvalue weighted by Crippen LogP contribution is -2.46. The van der Waals surface area contributed by atoms with Gasteiger partial charge in [0.15, 0.2) is 0 Å². The van der Waals surface area contributed by atoms with Gasteiger partial charge in [-0.15, -0.1) is 12.4 Å². The number of carbonyl (C=O) groups is 1. The number of esters is 1. The van der Waals surface area contributed by atoms with E-state index < -0.39 is 5.54 Å². The van der Waals surface area contributed by atoms with E-state index in [9.17, 15) is 4.79 Å². The fraction of sp³-hybridized carbons (Fsp3) is 0.889. The number of ether oxygens (including phenoxy) is 1. The Balaban J connectivity index is 0.00000144. The van der Waals surface area contributed by atoms with E-state index in [1.807, 2.05) is 6.92 Å². The van der Waals surface area contributed by atoms with Crippen LogP contribution in [0.1, 0.15) is 39.0 Å². The van der Waals surface area contributed by atoms with Crippen molar-refractivity contribution in [2.24, 2.45) is 5.73 Å². The predicted molar refractivity (Wildman–Crippen MR) is 53.9 cm³/mol. The van der Waals surface area contributed by atoms with Gasteiger partial charge in [0.25, 0.3) is 0 Å². The highest BCUT2D eigenvalue weighted by Gasteiger charge is 2.38. The Labute approximate surface area is 85.4 Å². The van der Waals surface area contributed by atoms with E-state index in [0.29, 0.717) is 6.61 Å². The van der Waals surface area contributed by atoms with Crippen molar-refractivity contribution in [1.29, 1.82) is 0 Å². The molecule has 78 valence electrons. The summed E-state index contributed by atoms with van der Waals surface area (Å²) in [7, 11) is 0. The highest BCUT2D eigenvalue weighted by atomic mass is 35.5. The Morgan fingerprint density at radius 2 is 2.00 bits per heavy atom. The maximum atomic E-state index is 11.4. The summed E-state index contributed by atoms with van der Waals surface area (Å²) < 4.78 is 5.01. The van der Waals surface area contributed by atoms with Crippen LogP contribution in [0.25, 0.3) is 0 Å². The second-order valence-electron chi connectivity index (χ2n) is 3.50. The van der Waals surface area contributed by atoms with Crippen LogP contribution in [0.5, 0.6) is 0 Å². The molecule has 0 bridgehead atoms. The zero-order valence-electron chi connectivity index (χ0n) is 8.04. The molecule has 2 N–H and O–H groups in total. The SMILES string of the molecule is CCCOC(=O)C1(N)CCCC1.Cl. The minimum absolute atomic E-state index is 0. The molecule has 0 radical (unpaired) electrons. The predicted octanol–water partition coefficient (Wildman–Crippen LogP) is 1.63. The number of nitrogens with two attached hydrogens (primary N) is 1. The van der Waals surface area contributed by atoms with Crippen LogP contribution < -0.4 is 5.73 Å². The van der Waals surface area contributed by atoms with Gasteiger partial charge in [0, 0.05) is 0 Å². The minimum atomic E-state index is -0.658. The molecule has 1 aliphatic rings. The van der Waals surface area contributed by atoms with E-state index in [4.69, 9.17) is 10.5 Å². The molecule has 0 atom stereocenters. The third kappa shape index (κ3) is 3.16. The van der Waals surface area contributed by atoms with Crippen LogP contribution in [0, 0.1) is 0 Å². The first-order valence-electron chi connectivity index (χ1n) is 4.65. The lowest BCUT2D eigenvalue weighted by molar-refractivity contribution is -0.149. The van der Waals surface area contributed by atoms with E-state index in [1.165, 1.54) is 0 Å². The van der Waals surface area contributed by atoms with Crippen LogP contribution in [0.4, 0.5) is 0 Å². The third-order valence-corrected chi connectivity index (χ3v) is 2.34. The average Bonchev–Trinajstić information content (AvgIpc) is 2.49. The van der Waals surface area contributed by atoms with Crippen molar-refractivity contribution in [3.8, 4) is 0 Å². The molecule has 0 aromatic carbocycles. The van der Waals surface area contributed by atoms with Crippen LogP contribution in [0.3, 0.4) is 0 Å². The molecule has 3 nitrogen and oxygen atoms in total. The summed E-state index contributed by atoms with van der Waals surface area (Å²) in [6.45, 7) is 2.48. The first-order chi connectivity index (χ1) is 5.69. The molecular weight excluding hydrogens is 190 g/mol.